The molecule has 106 valence electrons. The summed E-state index contributed by atoms with van der Waals surface area (Å²) in [6.07, 6.45) is 1.48. The van der Waals surface area contributed by atoms with Gasteiger partial charge in [0.25, 0.3) is 5.69 Å². The molecule has 0 atom stereocenters. The highest BCUT2D eigenvalue weighted by Crippen LogP contribution is 2.27. The highest BCUT2D eigenvalue weighted by atomic mass is 16.6. The monoisotopic (exact) mass is 277 g/mol. The first-order valence-corrected chi connectivity index (χ1v) is 6.14. The van der Waals surface area contributed by atoms with Crippen molar-refractivity contribution in [1.82, 2.24) is 5.16 Å². The van der Waals surface area contributed by atoms with E-state index in [1.54, 1.807) is 12.1 Å². The van der Waals surface area contributed by atoms with Gasteiger partial charge in [0.05, 0.1) is 29.8 Å². The maximum atomic E-state index is 10.9. The normalized spacial score (nSPS) is 10.6. The number of nitro benzene ring substituents is 1. The second-order valence-electron chi connectivity index (χ2n) is 4.47. The van der Waals surface area contributed by atoms with Gasteiger partial charge in [0.15, 0.2) is 5.76 Å². The largest absolute Gasteiger partial charge is 0.491 e. The number of rotatable bonds is 6. The molecule has 0 bridgehead atoms. The van der Waals surface area contributed by atoms with Crippen molar-refractivity contribution in [3.05, 3.63) is 46.3 Å². The molecule has 7 nitrogen and oxygen atoms in total. The van der Waals surface area contributed by atoms with Gasteiger partial charge >= 0.3 is 0 Å². The molecule has 0 aliphatic rings. The summed E-state index contributed by atoms with van der Waals surface area (Å²) < 4.78 is 10.5. The summed E-state index contributed by atoms with van der Waals surface area (Å²) in [7, 11) is 0. The van der Waals surface area contributed by atoms with E-state index in [9.17, 15) is 10.1 Å². The summed E-state index contributed by atoms with van der Waals surface area (Å²) in [6, 6.07) is 6.28. The Morgan fingerprint density at radius 1 is 1.45 bits per heavy atom. The third kappa shape index (κ3) is 3.71. The molecule has 0 fully saturated rings. The predicted octanol–water partition coefficient (Wildman–Crippen LogP) is 2.98. The van der Waals surface area contributed by atoms with Crippen LogP contribution in [0.5, 0.6) is 5.75 Å². The van der Waals surface area contributed by atoms with Gasteiger partial charge in [0, 0.05) is 23.9 Å². The van der Waals surface area contributed by atoms with Crippen molar-refractivity contribution in [2.24, 2.45) is 0 Å². The molecule has 2 rings (SSSR count). The zero-order valence-electron chi connectivity index (χ0n) is 11.2. The van der Waals surface area contributed by atoms with Gasteiger partial charge in [-0.05, 0) is 13.8 Å². The number of nitro groups is 1. The van der Waals surface area contributed by atoms with Gasteiger partial charge in [-0.25, -0.2) is 0 Å². The summed E-state index contributed by atoms with van der Waals surface area (Å²) in [5.74, 6) is 1.09. The number of hydrogen-bond donors (Lipinski definition) is 1. The van der Waals surface area contributed by atoms with Crippen LogP contribution in [0.15, 0.2) is 35.0 Å². The molecular weight excluding hydrogens is 262 g/mol. The van der Waals surface area contributed by atoms with Gasteiger partial charge in [-0.1, -0.05) is 5.16 Å². The second kappa shape index (κ2) is 6.05. The van der Waals surface area contributed by atoms with Gasteiger partial charge in [0.1, 0.15) is 5.75 Å². The minimum absolute atomic E-state index is 0.0248. The topological polar surface area (TPSA) is 90.4 Å². The summed E-state index contributed by atoms with van der Waals surface area (Å²) in [6.45, 7) is 4.11. The summed E-state index contributed by atoms with van der Waals surface area (Å²) in [5, 5.41) is 17.5. The van der Waals surface area contributed by atoms with Gasteiger partial charge < -0.3 is 14.6 Å². The zero-order chi connectivity index (χ0) is 14.5. The third-order valence-electron chi connectivity index (χ3n) is 2.43. The molecule has 0 aliphatic heterocycles. The Labute approximate surface area is 115 Å². The van der Waals surface area contributed by atoms with Gasteiger partial charge in [-0.3, -0.25) is 10.1 Å². The number of nitrogens with one attached hydrogen (secondary N) is 1. The Hall–Kier alpha value is -2.57. The minimum atomic E-state index is -0.452. The number of benzene rings is 1. The first-order chi connectivity index (χ1) is 9.54. The molecule has 0 saturated heterocycles. The van der Waals surface area contributed by atoms with Crippen LogP contribution < -0.4 is 10.1 Å². The van der Waals surface area contributed by atoms with Crippen LogP contribution in [0.2, 0.25) is 0 Å². The van der Waals surface area contributed by atoms with Crippen molar-refractivity contribution in [2.75, 3.05) is 5.32 Å². The van der Waals surface area contributed by atoms with E-state index in [4.69, 9.17) is 9.26 Å². The smallest absolute Gasteiger partial charge is 0.275 e. The van der Waals surface area contributed by atoms with Crippen molar-refractivity contribution in [2.45, 2.75) is 26.5 Å². The minimum Gasteiger partial charge on any atom is -0.491 e. The first-order valence-electron chi connectivity index (χ1n) is 6.14. The fourth-order valence-electron chi connectivity index (χ4n) is 1.65. The lowest BCUT2D eigenvalue weighted by Crippen LogP contribution is -2.07. The van der Waals surface area contributed by atoms with E-state index in [-0.39, 0.29) is 11.8 Å². The Bertz CT molecular complexity index is 581. The van der Waals surface area contributed by atoms with Gasteiger partial charge in [-0.15, -0.1) is 0 Å². The van der Waals surface area contributed by atoms with E-state index in [0.717, 1.165) is 0 Å². The second-order valence-corrected chi connectivity index (χ2v) is 4.47. The van der Waals surface area contributed by atoms with Crippen LogP contribution in [0, 0.1) is 10.1 Å². The molecule has 7 heteroatoms. The average molecular weight is 277 g/mol. The third-order valence-corrected chi connectivity index (χ3v) is 2.43. The molecule has 0 aliphatic carbocycles. The maximum Gasteiger partial charge on any atom is 0.275 e. The van der Waals surface area contributed by atoms with Gasteiger partial charge in [0.2, 0.25) is 0 Å². The van der Waals surface area contributed by atoms with Crippen LogP contribution in [-0.2, 0) is 6.54 Å². The number of ether oxygens (including phenoxy) is 1. The lowest BCUT2D eigenvalue weighted by atomic mass is 10.2. The number of anilines is 1. The number of non-ortho nitro benzene ring substituents is 1. The fraction of sp³-hybridized carbons (Fsp3) is 0.308. The molecule has 1 heterocycles. The Morgan fingerprint density at radius 2 is 2.25 bits per heavy atom. The SMILES string of the molecule is CC(C)Oc1cc(NCc2ccno2)cc([N+](=O)[O-])c1. The van der Waals surface area contributed by atoms with Crippen LogP contribution in [-0.4, -0.2) is 16.2 Å². The van der Waals surface area contributed by atoms with Crippen molar-refractivity contribution < 1.29 is 14.2 Å². The molecule has 0 amide bonds. The Morgan fingerprint density at radius 3 is 2.85 bits per heavy atom. The first kappa shape index (κ1) is 13.9. The molecule has 2 aromatic rings. The number of aromatic nitrogens is 1. The highest BCUT2D eigenvalue weighted by Gasteiger charge is 2.11. The Kier molecular flexibility index (Phi) is 4.19. The van der Waals surface area contributed by atoms with E-state index in [2.05, 4.69) is 10.5 Å². The zero-order valence-corrected chi connectivity index (χ0v) is 11.2. The van der Waals surface area contributed by atoms with Crippen molar-refractivity contribution >= 4 is 11.4 Å². The number of nitrogens with zero attached hydrogens (tertiary/aromatic N) is 2. The average Bonchev–Trinajstić information content (AvgIpc) is 2.88. The molecule has 0 saturated carbocycles. The lowest BCUT2D eigenvalue weighted by Gasteiger charge is -2.11. The molecule has 1 aromatic carbocycles. The van der Waals surface area contributed by atoms with E-state index in [1.165, 1.54) is 18.3 Å². The fourth-order valence-corrected chi connectivity index (χ4v) is 1.65. The van der Waals surface area contributed by atoms with Crippen LogP contribution in [0.1, 0.15) is 19.6 Å². The van der Waals surface area contributed by atoms with Crippen LogP contribution in [0.25, 0.3) is 0 Å². The maximum absolute atomic E-state index is 10.9. The number of hydrogen-bond acceptors (Lipinski definition) is 6. The van der Waals surface area contributed by atoms with E-state index < -0.39 is 4.92 Å². The van der Waals surface area contributed by atoms with Gasteiger partial charge in [-0.2, -0.15) is 0 Å². The molecule has 1 N–H and O–H groups in total. The van der Waals surface area contributed by atoms with Crippen LogP contribution >= 0.6 is 0 Å². The molecule has 1 aromatic heterocycles. The summed E-state index contributed by atoms with van der Waals surface area (Å²) in [5.41, 5.74) is 0.564. The predicted molar refractivity (Wildman–Crippen MR) is 72.7 cm³/mol. The standard InChI is InChI=1S/C13H15N3O4/c1-9(2)19-13-6-10(5-11(7-13)16(17)18)14-8-12-3-4-15-20-12/h3-7,9,14H,8H2,1-2H3. The van der Waals surface area contributed by atoms with Crippen molar-refractivity contribution in [3.8, 4) is 5.75 Å². The summed E-state index contributed by atoms with van der Waals surface area (Å²) in [4.78, 5) is 10.5. The molecule has 0 spiro atoms. The molecule has 0 unspecified atom stereocenters. The Balaban J connectivity index is 2.17. The van der Waals surface area contributed by atoms with Crippen LogP contribution in [0.4, 0.5) is 11.4 Å². The summed E-state index contributed by atoms with van der Waals surface area (Å²) >= 11 is 0. The highest BCUT2D eigenvalue weighted by molar-refractivity contribution is 5.56. The van der Waals surface area contributed by atoms with E-state index >= 15 is 0 Å². The lowest BCUT2D eigenvalue weighted by molar-refractivity contribution is -0.384. The van der Waals surface area contributed by atoms with E-state index in [0.29, 0.717) is 23.7 Å². The molecular formula is C13H15N3O4. The quantitative estimate of drug-likeness (QED) is 0.644. The van der Waals surface area contributed by atoms with Crippen LogP contribution in [0.3, 0.4) is 0 Å². The van der Waals surface area contributed by atoms with Crippen molar-refractivity contribution in [1.29, 1.82) is 0 Å². The van der Waals surface area contributed by atoms with E-state index in [1.807, 2.05) is 13.8 Å². The van der Waals surface area contributed by atoms with Crippen molar-refractivity contribution in [3.63, 3.8) is 0 Å². The molecule has 0 radical (unpaired) electrons. The molecule has 20 heavy (non-hydrogen) atoms.